The number of rotatable bonds is 7. The smallest absolute Gasteiger partial charge is 0.122 e. The molecule has 102 valence electrons. The molecule has 0 bridgehead atoms. The Hall–Kier alpha value is -0.540. The van der Waals surface area contributed by atoms with Crippen molar-refractivity contribution in [2.75, 3.05) is 20.2 Å². The Kier molecular flexibility index (Phi) is 6.16. The van der Waals surface area contributed by atoms with Crippen molar-refractivity contribution < 1.29 is 4.74 Å². The highest BCUT2D eigenvalue weighted by Gasteiger charge is 2.23. The minimum atomic E-state index is 0.268. The van der Waals surface area contributed by atoms with E-state index in [4.69, 9.17) is 4.74 Å². The molecule has 1 aromatic rings. The van der Waals surface area contributed by atoms with Crippen LogP contribution in [0.1, 0.15) is 32.8 Å². The van der Waals surface area contributed by atoms with Crippen molar-refractivity contribution in [2.24, 2.45) is 5.41 Å². The fourth-order valence-corrected chi connectivity index (χ4v) is 2.49. The Balaban J connectivity index is 2.89. The van der Waals surface area contributed by atoms with Crippen LogP contribution in [-0.2, 0) is 6.42 Å². The number of benzene rings is 1. The molecule has 0 aliphatic carbocycles. The molecule has 18 heavy (non-hydrogen) atoms. The Morgan fingerprint density at radius 2 is 2.06 bits per heavy atom. The summed E-state index contributed by atoms with van der Waals surface area (Å²) in [4.78, 5) is 0. The Labute approximate surface area is 119 Å². The molecular weight excluding hydrogens is 290 g/mol. The van der Waals surface area contributed by atoms with Crippen LogP contribution >= 0.6 is 15.9 Å². The lowest BCUT2D eigenvalue weighted by Crippen LogP contribution is -2.33. The SMILES string of the molecule is CCNCC(C)(CC)Cc1cc(Br)ccc1OC. The van der Waals surface area contributed by atoms with E-state index in [0.29, 0.717) is 0 Å². The average Bonchev–Trinajstić information content (AvgIpc) is 2.37. The van der Waals surface area contributed by atoms with E-state index in [1.54, 1.807) is 7.11 Å². The highest BCUT2D eigenvalue weighted by molar-refractivity contribution is 9.10. The van der Waals surface area contributed by atoms with Gasteiger partial charge in [0.2, 0.25) is 0 Å². The van der Waals surface area contributed by atoms with E-state index >= 15 is 0 Å². The molecule has 0 aromatic heterocycles. The van der Waals surface area contributed by atoms with Crippen LogP contribution in [0.2, 0.25) is 0 Å². The monoisotopic (exact) mass is 313 g/mol. The van der Waals surface area contributed by atoms with E-state index in [1.807, 2.05) is 12.1 Å². The molecule has 1 rings (SSSR count). The topological polar surface area (TPSA) is 21.3 Å². The molecule has 0 saturated heterocycles. The largest absolute Gasteiger partial charge is 0.496 e. The van der Waals surface area contributed by atoms with Crippen molar-refractivity contribution >= 4 is 15.9 Å². The number of nitrogens with one attached hydrogen (secondary N) is 1. The van der Waals surface area contributed by atoms with Gasteiger partial charge in [0.05, 0.1) is 7.11 Å². The van der Waals surface area contributed by atoms with Crippen LogP contribution in [0.15, 0.2) is 22.7 Å². The van der Waals surface area contributed by atoms with Gasteiger partial charge >= 0.3 is 0 Å². The predicted molar refractivity (Wildman–Crippen MR) is 81.3 cm³/mol. The van der Waals surface area contributed by atoms with E-state index in [1.165, 1.54) is 5.56 Å². The highest BCUT2D eigenvalue weighted by Crippen LogP contribution is 2.32. The maximum Gasteiger partial charge on any atom is 0.122 e. The van der Waals surface area contributed by atoms with E-state index in [9.17, 15) is 0 Å². The third-order valence-electron chi connectivity index (χ3n) is 3.52. The lowest BCUT2D eigenvalue weighted by molar-refractivity contribution is 0.288. The van der Waals surface area contributed by atoms with Crippen LogP contribution in [0, 0.1) is 5.41 Å². The molecule has 0 radical (unpaired) electrons. The number of hydrogen-bond acceptors (Lipinski definition) is 2. The summed E-state index contributed by atoms with van der Waals surface area (Å²) < 4.78 is 6.57. The van der Waals surface area contributed by atoms with Crippen LogP contribution in [-0.4, -0.2) is 20.2 Å². The molecule has 0 aliphatic rings. The van der Waals surface area contributed by atoms with Gasteiger partial charge in [-0.1, -0.05) is 36.7 Å². The number of ether oxygens (including phenoxy) is 1. The summed E-state index contributed by atoms with van der Waals surface area (Å²) >= 11 is 3.54. The van der Waals surface area contributed by atoms with Crippen LogP contribution in [0.4, 0.5) is 0 Å². The van der Waals surface area contributed by atoms with Gasteiger partial charge in [0, 0.05) is 11.0 Å². The third kappa shape index (κ3) is 4.29. The van der Waals surface area contributed by atoms with Gasteiger partial charge in [0.15, 0.2) is 0 Å². The number of methoxy groups -OCH3 is 1. The summed E-state index contributed by atoms with van der Waals surface area (Å²) in [5, 5.41) is 3.46. The molecule has 0 heterocycles. The molecule has 3 heteroatoms. The van der Waals surface area contributed by atoms with Gasteiger partial charge in [-0.2, -0.15) is 0 Å². The Bertz CT molecular complexity index is 381. The molecule has 0 spiro atoms. The zero-order valence-electron chi connectivity index (χ0n) is 11.8. The number of hydrogen-bond donors (Lipinski definition) is 1. The number of halogens is 1. The van der Waals surface area contributed by atoms with Crippen molar-refractivity contribution in [3.8, 4) is 5.75 Å². The summed E-state index contributed by atoms with van der Waals surface area (Å²) in [7, 11) is 1.74. The minimum absolute atomic E-state index is 0.268. The summed E-state index contributed by atoms with van der Waals surface area (Å²) in [6, 6.07) is 6.22. The average molecular weight is 314 g/mol. The lowest BCUT2D eigenvalue weighted by atomic mass is 9.81. The summed E-state index contributed by atoms with van der Waals surface area (Å²) in [5.41, 5.74) is 1.54. The van der Waals surface area contributed by atoms with Crippen LogP contribution in [0.5, 0.6) is 5.75 Å². The predicted octanol–water partition coefficient (Wildman–Crippen LogP) is 4.03. The van der Waals surface area contributed by atoms with Gasteiger partial charge < -0.3 is 10.1 Å². The van der Waals surface area contributed by atoms with Crippen molar-refractivity contribution in [3.05, 3.63) is 28.2 Å². The van der Waals surface area contributed by atoms with Crippen LogP contribution < -0.4 is 10.1 Å². The zero-order valence-corrected chi connectivity index (χ0v) is 13.4. The van der Waals surface area contributed by atoms with E-state index in [0.717, 1.165) is 36.2 Å². The summed E-state index contributed by atoms with van der Waals surface area (Å²) in [5.74, 6) is 0.981. The second-order valence-corrected chi connectivity index (χ2v) is 5.99. The van der Waals surface area contributed by atoms with E-state index < -0.39 is 0 Å². The van der Waals surface area contributed by atoms with Gasteiger partial charge in [0.1, 0.15) is 5.75 Å². The van der Waals surface area contributed by atoms with Gasteiger partial charge in [-0.15, -0.1) is 0 Å². The van der Waals surface area contributed by atoms with Crippen molar-refractivity contribution in [3.63, 3.8) is 0 Å². The first-order chi connectivity index (χ1) is 8.54. The zero-order chi connectivity index (χ0) is 13.6. The van der Waals surface area contributed by atoms with Crippen molar-refractivity contribution in [1.82, 2.24) is 5.32 Å². The molecule has 1 unspecified atom stereocenters. The minimum Gasteiger partial charge on any atom is -0.496 e. The van der Waals surface area contributed by atoms with Crippen molar-refractivity contribution in [1.29, 1.82) is 0 Å². The quantitative estimate of drug-likeness (QED) is 0.820. The van der Waals surface area contributed by atoms with E-state index in [-0.39, 0.29) is 5.41 Å². The van der Waals surface area contributed by atoms with Crippen LogP contribution in [0.25, 0.3) is 0 Å². The standard InChI is InChI=1S/C15H24BrNO/c1-5-15(3,11-17-6-2)10-12-9-13(16)7-8-14(12)18-4/h7-9,17H,5-6,10-11H2,1-4H3. The van der Waals surface area contributed by atoms with Gasteiger partial charge in [-0.05, 0) is 48.6 Å². The maximum absolute atomic E-state index is 5.45. The molecule has 0 amide bonds. The molecule has 0 saturated carbocycles. The van der Waals surface area contributed by atoms with E-state index in [2.05, 4.69) is 48.1 Å². The fraction of sp³-hybridized carbons (Fsp3) is 0.600. The van der Waals surface area contributed by atoms with Crippen molar-refractivity contribution in [2.45, 2.75) is 33.6 Å². The second-order valence-electron chi connectivity index (χ2n) is 5.08. The molecular formula is C15H24BrNO. The molecule has 1 atom stereocenters. The van der Waals surface area contributed by atoms with Gasteiger partial charge in [0.25, 0.3) is 0 Å². The fourth-order valence-electron chi connectivity index (χ4n) is 2.08. The lowest BCUT2D eigenvalue weighted by Gasteiger charge is -2.29. The molecule has 1 N–H and O–H groups in total. The normalized spacial score (nSPS) is 14.3. The van der Waals surface area contributed by atoms with Gasteiger partial charge in [-0.3, -0.25) is 0 Å². The molecule has 0 fully saturated rings. The van der Waals surface area contributed by atoms with Gasteiger partial charge in [-0.25, -0.2) is 0 Å². The van der Waals surface area contributed by atoms with Crippen LogP contribution in [0.3, 0.4) is 0 Å². The molecule has 1 aromatic carbocycles. The first-order valence-electron chi connectivity index (χ1n) is 6.57. The first-order valence-corrected chi connectivity index (χ1v) is 7.37. The molecule has 0 aliphatic heterocycles. The Morgan fingerprint density at radius 1 is 1.33 bits per heavy atom. The highest BCUT2D eigenvalue weighted by atomic mass is 79.9. The third-order valence-corrected chi connectivity index (χ3v) is 4.01. The Morgan fingerprint density at radius 3 is 2.61 bits per heavy atom. The molecule has 2 nitrogen and oxygen atoms in total. The first kappa shape index (κ1) is 15.5. The maximum atomic E-state index is 5.45. The summed E-state index contributed by atoms with van der Waals surface area (Å²) in [6.45, 7) is 8.79. The summed E-state index contributed by atoms with van der Waals surface area (Å²) in [6.07, 6.45) is 2.18. The second kappa shape index (κ2) is 7.15.